The maximum Gasteiger partial charge on any atom is 0.248 e. The second-order valence-corrected chi connectivity index (χ2v) is 5.69. The molecule has 1 aromatic rings. The molecule has 0 fully saturated rings. The molecule has 0 aliphatic carbocycles. The topological polar surface area (TPSA) is 57.6 Å². The lowest BCUT2D eigenvalue weighted by Gasteiger charge is -2.22. The van der Waals surface area contributed by atoms with Crippen molar-refractivity contribution in [1.82, 2.24) is 4.31 Å². The van der Waals surface area contributed by atoms with Crippen molar-refractivity contribution in [3.8, 4) is 0 Å². The number of halogens is 3. The largest absolute Gasteiger partial charge is 0.395 e. The van der Waals surface area contributed by atoms with Gasteiger partial charge in [-0.05, 0) is 6.92 Å². The van der Waals surface area contributed by atoms with Crippen LogP contribution < -0.4 is 0 Å². The second kappa shape index (κ2) is 5.25. The molecular formula is C10H12F3NO3S. The first kappa shape index (κ1) is 14.9. The fraction of sp³-hybridized carbons (Fsp3) is 0.400. The minimum Gasteiger partial charge on any atom is -0.395 e. The van der Waals surface area contributed by atoms with E-state index in [-0.39, 0.29) is 12.1 Å². The molecule has 0 bridgehead atoms. The summed E-state index contributed by atoms with van der Waals surface area (Å²) < 4.78 is 63.9. The van der Waals surface area contributed by atoms with Crippen LogP contribution in [0.25, 0.3) is 0 Å². The van der Waals surface area contributed by atoms with Crippen molar-refractivity contribution in [2.24, 2.45) is 0 Å². The number of aliphatic hydroxyl groups is 1. The van der Waals surface area contributed by atoms with Crippen LogP contribution in [0.1, 0.15) is 6.92 Å². The van der Waals surface area contributed by atoms with Crippen LogP contribution in [0.5, 0.6) is 0 Å². The Morgan fingerprint density at radius 2 is 1.72 bits per heavy atom. The van der Waals surface area contributed by atoms with E-state index in [2.05, 4.69) is 0 Å². The number of rotatable bonds is 4. The fourth-order valence-corrected chi connectivity index (χ4v) is 2.71. The van der Waals surface area contributed by atoms with Gasteiger partial charge < -0.3 is 5.11 Å². The highest BCUT2D eigenvalue weighted by atomic mass is 32.2. The van der Waals surface area contributed by atoms with Gasteiger partial charge >= 0.3 is 0 Å². The molecule has 1 N–H and O–H groups in total. The Morgan fingerprint density at radius 1 is 1.28 bits per heavy atom. The normalized spacial score (nSPS) is 13.9. The van der Waals surface area contributed by atoms with Gasteiger partial charge in [0, 0.05) is 25.2 Å². The first-order valence-electron chi connectivity index (χ1n) is 4.95. The van der Waals surface area contributed by atoms with Crippen LogP contribution >= 0.6 is 0 Å². The van der Waals surface area contributed by atoms with Crippen molar-refractivity contribution in [2.45, 2.75) is 17.9 Å². The molecular weight excluding hydrogens is 271 g/mol. The summed E-state index contributed by atoms with van der Waals surface area (Å²) in [5.41, 5.74) is 0. The molecule has 1 aromatic carbocycles. The summed E-state index contributed by atoms with van der Waals surface area (Å²) in [6.07, 6.45) is 0. The van der Waals surface area contributed by atoms with Crippen molar-refractivity contribution in [3.05, 3.63) is 29.6 Å². The van der Waals surface area contributed by atoms with Crippen molar-refractivity contribution >= 4 is 10.0 Å². The van der Waals surface area contributed by atoms with Crippen LogP contribution in [-0.2, 0) is 10.0 Å². The predicted molar refractivity (Wildman–Crippen MR) is 57.8 cm³/mol. The maximum absolute atomic E-state index is 13.4. The van der Waals surface area contributed by atoms with Gasteiger partial charge in [-0.3, -0.25) is 0 Å². The van der Waals surface area contributed by atoms with E-state index in [9.17, 15) is 21.6 Å². The van der Waals surface area contributed by atoms with E-state index in [4.69, 9.17) is 5.11 Å². The molecule has 102 valence electrons. The van der Waals surface area contributed by atoms with Crippen LogP contribution in [0.4, 0.5) is 13.2 Å². The van der Waals surface area contributed by atoms with Gasteiger partial charge in [-0.1, -0.05) is 0 Å². The molecule has 0 saturated heterocycles. The van der Waals surface area contributed by atoms with Gasteiger partial charge in [0.25, 0.3) is 0 Å². The van der Waals surface area contributed by atoms with Gasteiger partial charge in [0.2, 0.25) is 10.0 Å². The Labute approximate surface area is 103 Å². The molecule has 0 amide bonds. The molecule has 0 saturated carbocycles. The summed E-state index contributed by atoms with van der Waals surface area (Å²) in [6, 6.07) is -0.292. The summed E-state index contributed by atoms with van der Waals surface area (Å²) in [4.78, 5) is -1.23. The zero-order chi connectivity index (χ0) is 14.1. The number of benzene rings is 1. The summed E-state index contributed by atoms with van der Waals surface area (Å²) in [7, 11) is -3.40. The van der Waals surface area contributed by atoms with Crippen LogP contribution in [0.3, 0.4) is 0 Å². The Balaban J connectivity index is 3.38. The third kappa shape index (κ3) is 2.65. The standard InChI is InChI=1S/C10H12F3NO3S/c1-6(5-15)14(2)18(16,17)10-8(12)3-7(11)4-9(10)13/h3-4,6,15H,5H2,1-2H3. The summed E-state index contributed by atoms with van der Waals surface area (Å²) in [5.74, 6) is -4.23. The molecule has 0 heterocycles. The van der Waals surface area contributed by atoms with E-state index in [0.717, 1.165) is 7.05 Å². The van der Waals surface area contributed by atoms with Crippen molar-refractivity contribution in [2.75, 3.05) is 13.7 Å². The van der Waals surface area contributed by atoms with Gasteiger partial charge in [0.1, 0.15) is 17.5 Å². The number of hydrogen-bond donors (Lipinski definition) is 1. The van der Waals surface area contributed by atoms with E-state index in [1.54, 1.807) is 0 Å². The fourth-order valence-electron chi connectivity index (χ4n) is 1.27. The number of nitrogens with zero attached hydrogens (tertiary/aromatic N) is 1. The molecule has 1 atom stereocenters. The van der Waals surface area contributed by atoms with E-state index in [0.29, 0.717) is 4.31 Å². The zero-order valence-electron chi connectivity index (χ0n) is 9.69. The zero-order valence-corrected chi connectivity index (χ0v) is 10.5. The Morgan fingerprint density at radius 3 is 2.11 bits per heavy atom. The molecule has 0 aromatic heterocycles. The smallest absolute Gasteiger partial charge is 0.248 e. The summed E-state index contributed by atoms with van der Waals surface area (Å²) in [6.45, 7) is 0.844. The highest BCUT2D eigenvalue weighted by Crippen LogP contribution is 2.24. The van der Waals surface area contributed by atoms with E-state index >= 15 is 0 Å². The van der Waals surface area contributed by atoms with Gasteiger partial charge in [0.15, 0.2) is 4.90 Å². The Bertz CT molecular complexity index is 524. The highest BCUT2D eigenvalue weighted by Gasteiger charge is 2.31. The summed E-state index contributed by atoms with van der Waals surface area (Å²) in [5, 5.41) is 8.84. The molecule has 0 aliphatic heterocycles. The Hall–Kier alpha value is -1.12. The van der Waals surface area contributed by atoms with Crippen molar-refractivity contribution in [1.29, 1.82) is 0 Å². The third-order valence-corrected chi connectivity index (χ3v) is 4.51. The van der Waals surface area contributed by atoms with Gasteiger partial charge in [-0.2, -0.15) is 4.31 Å². The SMILES string of the molecule is CC(CO)N(C)S(=O)(=O)c1c(F)cc(F)cc1F. The van der Waals surface area contributed by atoms with Crippen molar-refractivity contribution in [3.63, 3.8) is 0 Å². The van der Waals surface area contributed by atoms with Crippen LogP contribution in [0, 0.1) is 17.5 Å². The number of likely N-dealkylation sites (N-methyl/N-ethyl adjacent to an activating group) is 1. The number of aliphatic hydroxyl groups excluding tert-OH is 1. The molecule has 0 spiro atoms. The van der Waals surface area contributed by atoms with Crippen molar-refractivity contribution < 1.29 is 26.7 Å². The van der Waals surface area contributed by atoms with Crippen LogP contribution in [-0.4, -0.2) is 37.5 Å². The molecule has 1 unspecified atom stereocenters. The predicted octanol–water partition coefficient (Wildman–Crippen LogP) is 1.11. The monoisotopic (exact) mass is 283 g/mol. The Kier molecular flexibility index (Phi) is 4.36. The quantitative estimate of drug-likeness (QED) is 0.900. The molecule has 4 nitrogen and oxygen atoms in total. The molecule has 1 rings (SSSR count). The summed E-state index contributed by atoms with van der Waals surface area (Å²) >= 11 is 0. The molecule has 18 heavy (non-hydrogen) atoms. The number of hydrogen-bond acceptors (Lipinski definition) is 3. The first-order valence-corrected chi connectivity index (χ1v) is 6.39. The molecule has 8 heteroatoms. The average Bonchev–Trinajstić information content (AvgIpc) is 2.24. The number of sulfonamides is 1. The van der Waals surface area contributed by atoms with Gasteiger partial charge in [-0.25, -0.2) is 21.6 Å². The minimum atomic E-state index is -4.47. The van der Waals surface area contributed by atoms with E-state index < -0.39 is 45.0 Å². The van der Waals surface area contributed by atoms with Crippen LogP contribution in [0.15, 0.2) is 17.0 Å². The van der Waals surface area contributed by atoms with Gasteiger partial charge in [0.05, 0.1) is 6.61 Å². The minimum absolute atomic E-state index is 0.285. The lowest BCUT2D eigenvalue weighted by Crippen LogP contribution is -2.38. The molecule has 0 aliphatic rings. The van der Waals surface area contributed by atoms with E-state index in [1.165, 1.54) is 6.92 Å². The molecule has 0 radical (unpaired) electrons. The highest BCUT2D eigenvalue weighted by molar-refractivity contribution is 7.89. The first-order chi connectivity index (χ1) is 8.21. The maximum atomic E-state index is 13.4. The van der Waals surface area contributed by atoms with Gasteiger partial charge in [-0.15, -0.1) is 0 Å². The van der Waals surface area contributed by atoms with Crippen LogP contribution in [0.2, 0.25) is 0 Å². The van der Waals surface area contributed by atoms with E-state index in [1.807, 2.05) is 0 Å². The third-order valence-electron chi connectivity index (χ3n) is 2.49. The second-order valence-electron chi connectivity index (χ2n) is 3.75. The lowest BCUT2D eigenvalue weighted by atomic mass is 10.3. The lowest BCUT2D eigenvalue weighted by molar-refractivity contribution is 0.213. The average molecular weight is 283 g/mol.